The zero-order valence-electron chi connectivity index (χ0n) is 11.0. The third-order valence-electron chi connectivity index (χ3n) is 3.65. The number of aromatic nitrogens is 1. The first-order valence-electron chi connectivity index (χ1n) is 6.68. The highest BCUT2D eigenvalue weighted by atomic mass is 35.5. The Morgan fingerprint density at radius 1 is 1.32 bits per heavy atom. The molecule has 1 aliphatic carbocycles. The van der Waals surface area contributed by atoms with Gasteiger partial charge in [-0.15, -0.1) is 0 Å². The fraction of sp³-hybridized carbons (Fsp3) is 0.571. The van der Waals surface area contributed by atoms with Gasteiger partial charge < -0.3 is 5.32 Å². The predicted octanol–water partition coefficient (Wildman–Crippen LogP) is 4.09. The van der Waals surface area contributed by atoms with Gasteiger partial charge in [-0.3, -0.25) is 4.79 Å². The molecule has 0 spiro atoms. The highest BCUT2D eigenvalue weighted by Crippen LogP contribution is 2.23. The fourth-order valence-corrected chi connectivity index (χ4v) is 2.72. The number of halogens is 2. The van der Waals surface area contributed by atoms with Crippen molar-refractivity contribution >= 4 is 29.1 Å². The van der Waals surface area contributed by atoms with Gasteiger partial charge in [-0.1, -0.05) is 43.0 Å². The lowest BCUT2D eigenvalue weighted by atomic mass is 10.0. The molecule has 0 aliphatic heterocycles. The third-order valence-corrected chi connectivity index (χ3v) is 4.34. The van der Waals surface area contributed by atoms with Crippen molar-refractivity contribution in [3.63, 3.8) is 0 Å². The summed E-state index contributed by atoms with van der Waals surface area (Å²) in [7, 11) is 0. The molecule has 1 amide bonds. The van der Waals surface area contributed by atoms with E-state index in [1.165, 1.54) is 25.5 Å². The highest BCUT2D eigenvalue weighted by molar-refractivity contribution is 6.41. The second-order valence-corrected chi connectivity index (χ2v) is 6.05. The molecule has 1 heterocycles. The lowest BCUT2D eigenvalue weighted by Gasteiger charge is -2.16. The normalized spacial score (nSPS) is 23.7. The molecule has 2 rings (SSSR count). The number of hydrogen-bond acceptors (Lipinski definition) is 2. The van der Waals surface area contributed by atoms with Crippen LogP contribution in [0, 0.1) is 5.92 Å². The molecule has 104 valence electrons. The van der Waals surface area contributed by atoms with Crippen molar-refractivity contribution in [2.75, 3.05) is 0 Å². The summed E-state index contributed by atoms with van der Waals surface area (Å²) in [5.41, 5.74) is 0.465. The van der Waals surface area contributed by atoms with Gasteiger partial charge in [0.05, 0.1) is 10.6 Å². The zero-order chi connectivity index (χ0) is 13.8. The minimum atomic E-state index is -0.120. The number of nitrogens with zero attached hydrogens (tertiary/aromatic N) is 1. The van der Waals surface area contributed by atoms with Gasteiger partial charge in [-0.05, 0) is 31.2 Å². The molecule has 1 fully saturated rings. The van der Waals surface area contributed by atoms with Crippen LogP contribution in [0.25, 0.3) is 0 Å². The maximum atomic E-state index is 12.1. The minimum Gasteiger partial charge on any atom is -0.349 e. The third kappa shape index (κ3) is 4.08. The van der Waals surface area contributed by atoms with Crippen molar-refractivity contribution in [3.8, 4) is 0 Å². The quantitative estimate of drug-likeness (QED) is 0.660. The van der Waals surface area contributed by atoms with Crippen molar-refractivity contribution in [2.45, 2.75) is 45.1 Å². The highest BCUT2D eigenvalue weighted by Gasteiger charge is 2.19. The fourth-order valence-electron chi connectivity index (χ4n) is 2.45. The number of amides is 1. The molecule has 19 heavy (non-hydrogen) atoms. The topological polar surface area (TPSA) is 42.0 Å². The summed E-state index contributed by atoms with van der Waals surface area (Å²) in [5.74, 6) is 0.638. The van der Waals surface area contributed by atoms with Crippen LogP contribution in [-0.2, 0) is 0 Å². The predicted molar refractivity (Wildman–Crippen MR) is 77.8 cm³/mol. The first-order valence-corrected chi connectivity index (χ1v) is 7.43. The van der Waals surface area contributed by atoms with Gasteiger partial charge in [-0.25, -0.2) is 4.98 Å². The molecule has 1 aliphatic rings. The SMILES string of the molecule is CC1CCCC(NC(=O)c2cnc(Cl)c(Cl)c2)CC1. The van der Waals surface area contributed by atoms with E-state index in [0.717, 1.165) is 18.8 Å². The van der Waals surface area contributed by atoms with E-state index in [2.05, 4.69) is 17.2 Å². The maximum absolute atomic E-state index is 12.1. The van der Waals surface area contributed by atoms with Gasteiger partial charge in [0.2, 0.25) is 0 Å². The van der Waals surface area contributed by atoms with Crippen LogP contribution in [0.5, 0.6) is 0 Å². The average molecular weight is 301 g/mol. The summed E-state index contributed by atoms with van der Waals surface area (Å²) in [4.78, 5) is 16.0. The van der Waals surface area contributed by atoms with Crippen LogP contribution < -0.4 is 5.32 Å². The van der Waals surface area contributed by atoms with Crippen LogP contribution in [-0.4, -0.2) is 16.9 Å². The lowest BCUT2D eigenvalue weighted by molar-refractivity contribution is 0.0933. The molecule has 1 aromatic rings. The smallest absolute Gasteiger partial charge is 0.253 e. The zero-order valence-corrected chi connectivity index (χ0v) is 12.5. The van der Waals surface area contributed by atoms with Gasteiger partial charge in [0.1, 0.15) is 5.15 Å². The second-order valence-electron chi connectivity index (χ2n) is 5.28. The Balaban J connectivity index is 1.98. The number of hydrogen-bond donors (Lipinski definition) is 1. The molecule has 0 bridgehead atoms. The van der Waals surface area contributed by atoms with E-state index in [9.17, 15) is 4.79 Å². The Bertz CT molecular complexity index is 465. The maximum Gasteiger partial charge on any atom is 0.253 e. The summed E-state index contributed by atoms with van der Waals surface area (Å²) >= 11 is 11.6. The van der Waals surface area contributed by atoms with Gasteiger partial charge in [0.25, 0.3) is 5.91 Å². The molecule has 1 N–H and O–H groups in total. The van der Waals surface area contributed by atoms with E-state index in [-0.39, 0.29) is 17.1 Å². The molecule has 3 nitrogen and oxygen atoms in total. The molecule has 0 aromatic carbocycles. The number of rotatable bonds is 2. The van der Waals surface area contributed by atoms with E-state index < -0.39 is 0 Å². The summed E-state index contributed by atoms with van der Waals surface area (Å²) in [6.07, 6.45) is 7.15. The molecule has 2 unspecified atom stereocenters. The molecule has 1 aromatic heterocycles. The Morgan fingerprint density at radius 3 is 2.84 bits per heavy atom. The minimum absolute atomic E-state index is 0.120. The Kier molecular flexibility index (Phi) is 5.06. The van der Waals surface area contributed by atoms with Crippen LogP contribution in [0.2, 0.25) is 10.2 Å². The molecule has 5 heteroatoms. The summed E-state index contributed by atoms with van der Waals surface area (Å²) in [6, 6.07) is 1.82. The lowest BCUT2D eigenvalue weighted by Crippen LogP contribution is -2.34. The Morgan fingerprint density at radius 2 is 2.11 bits per heavy atom. The van der Waals surface area contributed by atoms with Crippen LogP contribution in [0.3, 0.4) is 0 Å². The molecule has 0 radical (unpaired) electrons. The van der Waals surface area contributed by atoms with Gasteiger partial charge in [0.15, 0.2) is 0 Å². The molecule has 0 saturated heterocycles. The Hall–Kier alpha value is -0.800. The monoisotopic (exact) mass is 300 g/mol. The van der Waals surface area contributed by atoms with Crippen LogP contribution in [0.1, 0.15) is 49.4 Å². The molecule has 2 atom stereocenters. The van der Waals surface area contributed by atoms with Gasteiger partial charge in [0, 0.05) is 12.2 Å². The van der Waals surface area contributed by atoms with Gasteiger partial charge in [-0.2, -0.15) is 0 Å². The molecule has 1 saturated carbocycles. The van der Waals surface area contributed by atoms with Crippen LogP contribution >= 0.6 is 23.2 Å². The Labute approximate surface area is 123 Å². The van der Waals surface area contributed by atoms with Crippen molar-refractivity contribution in [3.05, 3.63) is 28.0 Å². The number of carbonyl (C=O) groups excluding carboxylic acids is 1. The van der Waals surface area contributed by atoms with Gasteiger partial charge >= 0.3 is 0 Å². The summed E-state index contributed by atoms with van der Waals surface area (Å²) < 4.78 is 0. The van der Waals surface area contributed by atoms with Crippen LogP contribution in [0.15, 0.2) is 12.3 Å². The van der Waals surface area contributed by atoms with Crippen molar-refractivity contribution < 1.29 is 4.79 Å². The van der Waals surface area contributed by atoms with Crippen molar-refractivity contribution in [1.29, 1.82) is 0 Å². The summed E-state index contributed by atoms with van der Waals surface area (Å²) in [6.45, 7) is 2.27. The molecular weight excluding hydrogens is 283 g/mol. The second kappa shape index (κ2) is 6.58. The number of carbonyl (C=O) groups is 1. The first kappa shape index (κ1) is 14.6. The van der Waals surface area contributed by atoms with E-state index in [1.54, 1.807) is 6.07 Å². The molecular formula is C14H18Cl2N2O. The van der Waals surface area contributed by atoms with E-state index in [0.29, 0.717) is 10.6 Å². The number of pyridine rings is 1. The van der Waals surface area contributed by atoms with E-state index in [1.807, 2.05) is 0 Å². The average Bonchev–Trinajstić information content (AvgIpc) is 2.58. The van der Waals surface area contributed by atoms with Crippen LogP contribution in [0.4, 0.5) is 0 Å². The van der Waals surface area contributed by atoms with Crippen molar-refractivity contribution in [2.24, 2.45) is 5.92 Å². The number of nitrogens with one attached hydrogen (secondary N) is 1. The standard InChI is InChI=1S/C14H18Cl2N2O/c1-9-3-2-4-11(6-5-9)18-14(19)10-7-12(15)13(16)17-8-10/h7-9,11H,2-6H2,1H3,(H,18,19). The summed E-state index contributed by atoms with van der Waals surface area (Å²) in [5, 5.41) is 3.59. The first-order chi connectivity index (χ1) is 9.06. The largest absolute Gasteiger partial charge is 0.349 e. The van der Waals surface area contributed by atoms with E-state index in [4.69, 9.17) is 23.2 Å². The van der Waals surface area contributed by atoms with Crippen molar-refractivity contribution in [1.82, 2.24) is 10.3 Å². The van der Waals surface area contributed by atoms with E-state index >= 15 is 0 Å².